The highest BCUT2D eigenvalue weighted by molar-refractivity contribution is 5.89. The average molecular weight is 838 g/mol. The number of carbonyl (C=O) groups excluding carboxylic acids is 2. The summed E-state index contributed by atoms with van der Waals surface area (Å²) >= 11 is 0. The van der Waals surface area contributed by atoms with Gasteiger partial charge in [-0.1, -0.05) is 37.5 Å². The Morgan fingerprint density at radius 1 is 0.800 bits per heavy atom. The molecule has 338 valence electrons. The molecule has 19 atom stereocenters. The van der Waals surface area contributed by atoms with Gasteiger partial charge in [-0.25, -0.2) is 0 Å². The maximum absolute atomic E-state index is 14.4. The Morgan fingerprint density at radius 3 is 2.38 bits per heavy atom. The minimum atomic E-state index is -1.12. The third-order valence-corrected chi connectivity index (χ3v) is 18.8. The lowest BCUT2D eigenvalue weighted by atomic mass is 9.61. The summed E-state index contributed by atoms with van der Waals surface area (Å²) in [6.07, 6.45) is 18.5. The van der Waals surface area contributed by atoms with Crippen LogP contribution in [0, 0.1) is 82.4 Å². The first-order chi connectivity index (χ1) is 29.0. The summed E-state index contributed by atoms with van der Waals surface area (Å²) in [5, 5.41) is 52.0. The van der Waals surface area contributed by atoms with Gasteiger partial charge >= 0.3 is 0 Å². The van der Waals surface area contributed by atoms with Crippen molar-refractivity contribution in [1.29, 1.82) is 0 Å². The summed E-state index contributed by atoms with van der Waals surface area (Å²) in [5.74, 6) is 11.8. The molecular weight excluding hydrogens is 755 g/mol. The molecular formula is C50H83N3O7+2. The van der Waals surface area contributed by atoms with Gasteiger partial charge in [-0.15, -0.1) is 0 Å². The average Bonchev–Trinajstić information content (AvgIpc) is 3.30. The van der Waals surface area contributed by atoms with Crippen molar-refractivity contribution in [3.63, 3.8) is 0 Å². The third-order valence-electron chi connectivity index (χ3n) is 18.8. The number of rotatable bonds is 11. The van der Waals surface area contributed by atoms with E-state index in [9.17, 15) is 30.0 Å². The second-order valence-corrected chi connectivity index (χ2v) is 22.2. The van der Waals surface area contributed by atoms with Crippen molar-refractivity contribution in [3.8, 4) is 11.8 Å². The van der Waals surface area contributed by atoms with Crippen LogP contribution in [0.3, 0.4) is 0 Å². The lowest BCUT2D eigenvalue weighted by Crippen LogP contribution is -2.95. The van der Waals surface area contributed by atoms with Crippen LogP contribution in [0.4, 0.5) is 0 Å². The van der Waals surface area contributed by atoms with Crippen molar-refractivity contribution in [2.24, 2.45) is 76.2 Å². The quantitative estimate of drug-likeness (QED) is 0.154. The second kappa shape index (κ2) is 20.2. The van der Waals surface area contributed by atoms with E-state index in [0.29, 0.717) is 92.3 Å². The molecule has 5 saturated carbocycles. The summed E-state index contributed by atoms with van der Waals surface area (Å²) < 4.78 is 5.75. The van der Waals surface area contributed by atoms with Gasteiger partial charge in [0.05, 0.1) is 56.1 Å². The zero-order chi connectivity index (χ0) is 42.0. The molecule has 0 radical (unpaired) electrons. The zero-order valence-corrected chi connectivity index (χ0v) is 37.0. The number of carbonyl (C=O) groups is 2. The number of aliphatic hydroxyl groups excluding tert-OH is 4. The summed E-state index contributed by atoms with van der Waals surface area (Å²) in [6, 6.07) is 0.468. The molecule has 0 aromatic heterocycles. The van der Waals surface area contributed by atoms with E-state index in [0.717, 1.165) is 76.3 Å². The number of fused-ring (bicyclic) bond motifs is 3. The molecule has 10 heteroatoms. The van der Waals surface area contributed by atoms with E-state index in [1.165, 1.54) is 51.4 Å². The molecule has 7 fully saturated rings. The topological polar surface area (TPSA) is 184 Å². The molecule has 0 aromatic rings. The molecule has 1 spiro atoms. The maximum atomic E-state index is 14.4. The van der Waals surface area contributed by atoms with Gasteiger partial charge in [0.2, 0.25) is 0 Å². The summed E-state index contributed by atoms with van der Waals surface area (Å²) in [5.41, 5.74) is 5.42. The van der Waals surface area contributed by atoms with E-state index in [-0.39, 0.29) is 42.2 Å². The van der Waals surface area contributed by atoms with Gasteiger partial charge in [-0.05, 0) is 150 Å². The molecule has 10 N–H and O–H groups in total. The van der Waals surface area contributed by atoms with E-state index in [1.807, 2.05) is 0 Å². The largest absolute Gasteiger partial charge is 0.391 e. The number of ether oxygens (including phenoxy) is 1. The predicted molar refractivity (Wildman–Crippen MR) is 230 cm³/mol. The Kier molecular flexibility index (Phi) is 15.2. The van der Waals surface area contributed by atoms with Crippen molar-refractivity contribution in [2.45, 2.75) is 197 Å². The molecule has 0 bridgehead atoms. The van der Waals surface area contributed by atoms with Gasteiger partial charge in [0.15, 0.2) is 5.78 Å². The van der Waals surface area contributed by atoms with Crippen LogP contribution < -0.4 is 16.4 Å². The Morgan fingerprint density at radius 2 is 1.58 bits per heavy atom. The number of nitrogens with two attached hydrogens (primary N) is 3. The number of ketones is 2. The molecule has 6 aliphatic carbocycles. The minimum Gasteiger partial charge on any atom is -0.391 e. The number of aliphatic hydroxyl groups is 4. The van der Waals surface area contributed by atoms with Crippen molar-refractivity contribution in [2.75, 3.05) is 20.2 Å². The molecule has 0 amide bonds. The molecule has 2 saturated heterocycles. The SMILES string of the molecule is COC1CC2CCC(=O)C3(C#CC(CC(O)C(O)CC(C4CC[NH2+]C(N)C4)C4CCC5CCCCC5C4)C2CC1O)CCC(CCC1C[NH2+]C2CC(=O)CCC2C1)CC3O. The number of hydrogen-bond acceptors (Lipinski definition) is 8. The molecule has 10 nitrogen and oxygen atoms in total. The molecule has 0 aromatic carbocycles. The highest BCUT2D eigenvalue weighted by Crippen LogP contribution is 2.50. The Bertz CT molecular complexity index is 1520. The highest BCUT2D eigenvalue weighted by atomic mass is 16.5. The van der Waals surface area contributed by atoms with E-state index in [2.05, 4.69) is 22.5 Å². The van der Waals surface area contributed by atoms with Gasteiger partial charge in [0, 0.05) is 44.1 Å². The number of methoxy groups -OCH3 is 1. The minimum absolute atomic E-state index is 0.0410. The number of Topliss-reactive ketones (excluding diaryl/α,β-unsaturated/α-hetero) is 2. The van der Waals surface area contributed by atoms with E-state index in [1.54, 1.807) is 7.11 Å². The van der Waals surface area contributed by atoms with Crippen LogP contribution in [0.25, 0.3) is 0 Å². The molecule has 60 heavy (non-hydrogen) atoms. The van der Waals surface area contributed by atoms with Crippen LogP contribution in [0.15, 0.2) is 0 Å². The standard InChI is InChI=1S/C50H81N3O7/c1-60-46-24-35-11-13-47(58)50(17-14-30(21-48(50)59)6-7-31-20-38-10-12-39(54)26-42(38)53-29-31)18-15-36(41(35)28-45(46)57)23-43(55)44(56)27-40(37-16-19-52-49(51)25-37)34-9-8-32-4-2-3-5-33(32)22-34/h30-38,40-46,48-49,52-53,55-57,59H,2-14,16-17,19-29,51H2,1H3/p+2. The van der Waals surface area contributed by atoms with Crippen LogP contribution in [0.5, 0.6) is 0 Å². The van der Waals surface area contributed by atoms with Gasteiger partial charge in [0.1, 0.15) is 17.4 Å². The first-order valence-corrected chi connectivity index (χ1v) is 25.2. The van der Waals surface area contributed by atoms with Crippen molar-refractivity contribution >= 4 is 11.6 Å². The lowest BCUT2D eigenvalue weighted by molar-refractivity contribution is -0.711. The van der Waals surface area contributed by atoms with Crippen LogP contribution in [-0.4, -0.2) is 94.9 Å². The second-order valence-electron chi connectivity index (χ2n) is 22.2. The summed E-state index contributed by atoms with van der Waals surface area (Å²) in [4.78, 5) is 26.4. The molecule has 19 unspecified atom stereocenters. The predicted octanol–water partition coefficient (Wildman–Crippen LogP) is 3.60. The fraction of sp³-hybridized carbons (Fsp3) is 0.920. The van der Waals surface area contributed by atoms with Gasteiger partial charge in [-0.2, -0.15) is 0 Å². The first kappa shape index (κ1) is 45.2. The van der Waals surface area contributed by atoms with Gasteiger partial charge in [0.25, 0.3) is 0 Å². The smallest absolute Gasteiger partial charge is 0.153 e. The zero-order valence-electron chi connectivity index (χ0n) is 37.0. The van der Waals surface area contributed by atoms with Crippen LogP contribution in [0.2, 0.25) is 0 Å². The fourth-order valence-corrected chi connectivity index (χ4v) is 15.1. The van der Waals surface area contributed by atoms with Crippen molar-refractivity contribution in [1.82, 2.24) is 0 Å². The van der Waals surface area contributed by atoms with Crippen LogP contribution >= 0.6 is 0 Å². The van der Waals surface area contributed by atoms with Crippen molar-refractivity contribution in [3.05, 3.63) is 0 Å². The molecule has 8 aliphatic rings. The fourth-order valence-electron chi connectivity index (χ4n) is 15.1. The third kappa shape index (κ3) is 10.3. The normalized spacial score (nSPS) is 45.3. The van der Waals surface area contributed by atoms with Gasteiger partial charge in [-0.3, -0.25) is 15.3 Å². The Balaban J connectivity index is 0.962. The molecule has 2 aliphatic heterocycles. The first-order valence-electron chi connectivity index (χ1n) is 25.2. The summed E-state index contributed by atoms with van der Waals surface area (Å²) in [7, 11) is 1.64. The maximum Gasteiger partial charge on any atom is 0.153 e. The van der Waals surface area contributed by atoms with E-state index in [4.69, 9.17) is 10.5 Å². The monoisotopic (exact) mass is 838 g/mol. The van der Waals surface area contributed by atoms with E-state index < -0.39 is 29.8 Å². The number of piperidine rings is 2. The van der Waals surface area contributed by atoms with E-state index >= 15 is 0 Å². The Hall–Kier alpha value is -1.42. The van der Waals surface area contributed by atoms with Crippen molar-refractivity contribution < 1.29 is 45.4 Å². The van der Waals surface area contributed by atoms with Crippen LogP contribution in [-0.2, 0) is 14.3 Å². The Labute approximate surface area is 361 Å². The lowest BCUT2D eigenvalue weighted by Gasteiger charge is -2.45. The summed E-state index contributed by atoms with van der Waals surface area (Å²) in [6.45, 7) is 2.10. The molecule has 8 rings (SSSR count). The number of hydrogen-bond donors (Lipinski definition) is 7. The number of quaternary nitrogens is 2. The van der Waals surface area contributed by atoms with Gasteiger partial charge < -0.3 is 35.8 Å². The molecule has 2 heterocycles. The highest BCUT2D eigenvalue weighted by Gasteiger charge is 2.50. The van der Waals surface area contributed by atoms with Crippen LogP contribution in [0.1, 0.15) is 154 Å².